The fourth-order valence-electron chi connectivity index (χ4n) is 1.08. The van der Waals surface area contributed by atoms with E-state index in [4.69, 9.17) is 10.8 Å². The van der Waals surface area contributed by atoms with Crippen molar-refractivity contribution in [1.82, 2.24) is 0 Å². The van der Waals surface area contributed by atoms with E-state index in [0.29, 0.717) is 7.14 Å². The Labute approximate surface area is 114 Å². The number of aromatic hydroxyl groups is 1. The topological polar surface area (TPSA) is 83.5 Å². The van der Waals surface area contributed by atoms with Crippen molar-refractivity contribution in [3.63, 3.8) is 0 Å². The highest BCUT2D eigenvalue weighted by atomic mass is 131. The van der Waals surface area contributed by atoms with Crippen molar-refractivity contribution in [3.8, 4) is 5.75 Å². The zero-order chi connectivity index (χ0) is 11.6. The van der Waals surface area contributed by atoms with E-state index in [-0.39, 0.29) is 12.2 Å². The van der Waals surface area contributed by atoms with Crippen LogP contribution in [0.15, 0.2) is 12.1 Å². The Kier molecular flexibility index (Phi) is 4.59. The molecule has 0 saturated heterocycles. The van der Waals surface area contributed by atoms with Crippen LogP contribution in [-0.2, 0) is 11.2 Å². The van der Waals surface area contributed by atoms with Gasteiger partial charge in [0, 0.05) is 0 Å². The molecule has 0 spiro atoms. The summed E-state index contributed by atoms with van der Waals surface area (Å²) in [7, 11) is 0. The third-order valence-corrected chi connectivity index (χ3v) is 3.49. The Morgan fingerprint density at radius 3 is 2.27 bits per heavy atom. The third kappa shape index (κ3) is 3.45. The summed E-state index contributed by atoms with van der Waals surface area (Å²) in [6, 6.07) is 2.57. The molecular weight excluding hydrogens is 432 g/mol. The summed E-state index contributed by atoms with van der Waals surface area (Å²) in [6.45, 7) is 0. The summed E-state index contributed by atoms with van der Waals surface area (Å²) in [4.78, 5) is 10.6. The molecule has 4 nitrogen and oxygen atoms in total. The predicted molar refractivity (Wildman–Crippen MR) is 72.9 cm³/mol. The smallest absolute Gasteiger partial charge is 0.320 e. The normalized spacial score (nSPS) is 12.5. The first-order chi connectivity index (χ1) is 6.91. The number of nitrogens with two attached hydrogens (primary N) is 1. The van der Waals surface area contributed by atoms with Crippen LogP contribution in [0.3, 0.4) is 0 Å². The number of halogens is 2. The number of aliphatic carboxylic acids is 1. The van der Waals surface area contributed by atoms with Crippen LogP contribution in [0.25, 0.3) is 0 Å². The number of carboxylic acid groups (broad SMARTS) is 1. The third-order valence-electron chi connectivity index (χ3n) is 1.85. The van der Waals surface area contributed by atoms with Crippen molar-refractivity contribution in [3.05, 3.63) is 24.8 Å². The highest BCUT2D eigenvalue weighted by Crippen LogP contribution is 2.27. The average Bonchev–Trinajstić information content (AvgIpc) is 2.13. The Morgan fingerprint density at radius 2 is 1.87 bits per heavy atom. The highest BCUT2D eigenvalue weighted by Gasteiger charge is 2.14. The molecule has 0 aliphatic heterocycles. The Bertz CT molecular complexity index is 372. The molecule has 4 N–H and O–H groups in total. The lowest BCUT2D eigenvalue weighted by Crippen LogP contribution is -2.32. The summed E-state index contributed by atoms with van der Waals surface area (Å²) in [5.41, 5.74) is 6.24. The Balaban J connectivity index is 2.92. The van der Waals surface area contributed by atoms with Gasteiger partial charge in [-0.3, -0.25) is 4.79 Å². The second-order valence-corrected chi connectivity index (χ2v) is 5.38. The zero-order valence-corrected chi connectivity index (χ0v) is 11.9. The molecule has 15 heavy (non-hydrogen) atoms. The van der Waals surface area contributed by atoms with Crippen LogP contribution in [-0.4, -0.2) is 22.2 Å². The molecule has 1 aromatic carbocycles. The molecule has 1 atom stereocenters. The lowest BCUT2D eigenvalue weighted by molar-refractivity contribution is -0.138. The van der Waals surface area contributed by atoms with Crippen molar-refractivity contribution < 1.29 is 15.0 Å². The van der Waals surface area contributed by atoms with Crippen LogP contribution >= 0.6 is 45.2 Å². The van der Waals surface area contributed by atoms with Gasteiger partial charge in [0.25, 0.3) is 0 Å². The Hall–Kier alpha value is -0.0900. The molecule has 0 bridgehead atoms. The fourth-order valence-corrected chi connectivity index (χ4v) is 2.97. The van der Waals surface area contributed by atoms with E-state index in [0.717, 1.165) is 5.56 Å². The number of benzene rings is 1. The van der Waals surface area contributed by atoms with Crippen molar-refractivity contribution in [2.24, 2.45) is 5.73 Å². The summed E-state index contributed by atoms with van der Waals surface area (Å²) in [5.74, 6) is -0.795. The van der Waals surface area contributed by atoms with Crippen LogP contribution in [0, 0.1) is 7.14 Å². The van der Waals surface area contributed by atoms with Gasteiger partial charge in [-0.1, -0.05) is 0 Å². The molecule has 1 rings (SSSR count). The van der Waals surface area contributed by atoms with E-state index >= 15 is 0 Å². The molecule has 82 valence electrons. The van der Waals surface area contributed by atoms with Gasteiger partial charge in [0.15, 0.2) is 0 Å². The minimum atomic E-state index is -1.02. The molecule has 1 aromatic rings. The van der Waals surface area contributed by atoms with E-state index in [9.17, 15) is 9.90 Å². The first-order valence-electron chi connectivity index (χ1n) is 4.07. The van der Waals surface area contributed by atoms with Crippen molar-refractivity contribution >= 4 is 51.2 Å². The SMILES string of the molecule is N[C@@H](Cc1cc([131I])c(O)c([131I])c1)C(=O)O. The van der Waals surface area contributed by atoms with Gasteiger partial charge < -0.3 is 15.9 Å². The van der Waals surface area contributed by atoms with E-state index < -0.39 is 12.0 Å². The number of rotatable bonds is 3. The van der Waals surface area contributed by atoms with E-state index in [1.807, 2.05) is 45.2 Å². The summed E-state index contributed by atoms with van der Waals surface area (Å²) < 4.78 is 1.40. The minimum Gasteiger partial charge on any atom is -0.506 e. The molecule has 0 aliphatic carbocycles. The van der Waals surface area contributed by atoms with Gasteiger partial charge in [0.05, 0.1) is 7.14 Å². The lowest BCUT2D eigenvalue weighted by Gasteiger charge is -2.08. The molecule has 0 aromatic heterocycles. The molecule has 0 saturated carbocycles. The minimum absolute atomic E-state index is 0.226. The molecule has 0 radical (unpaired) electrons. The standard InChI is InChI=1S/C9H9I2NO3/c10-5-1-4(2-6(11)8(5)13)3-7(12)9(14)15/h1-2,7,13H,3,12H2,(H,14,15)/t7-/m0/s1/i10+4,11+4. The first kappa shape index (κ1) is 13.0. The van der Waals surface area contributed by atoms with Gasteiger partial charge in [-0.2, -0.15) is 0 Å². The number of phenols is 1. The van der Waals surface area contributed by atoms with Crippen LogP contribution in [0.4, 0.5) is 0 Å². The summed E-state index contributed by atoms with van der Waals surface area (Å²) in [5, 5.41) is 18.2. The number of hydrogen-bond donors (Lipinski definition) is 3. The largest absolute Gasteiger partial charge is 0.506 e. The van der Waals surface area contributed by atoms with E-state index in [1.165, 1.54) is 0 Å². The van der Waals surface area contributed by atoms with Gasteiger partial charge in [-0.05, 0) is 69.3 Å². The van der Waals surface area contributed by atoms with Gasteiger partial charge in [-0.15, -0.1) is 0 Å². The number of hydrogen-bond acceptors (Lipinski definition) is 3. The monoisotopic (exact) mass is 441 g/mol. The van der Waals surface area contributed by atoms with Crippen molar-refractivity contribution in [2.75, 3.05) is 0 Å². The summed E-state index contributed by atoms with van der Waals surface area (Å²) >= 11 is 3.99. The average molecular weight is 441 g/mol. The molecule has 0 fully saturated rings. The van der Waals surface area contributed by atoms with Gasteiger partial charge >= 0.3 is 5.97 Å². The van der Waals surface area contributed by atoms with E-state index in [1.54, 1.807) is 12.1 Å². The quantitative estimate of drug-likeness (QED) is 0.623. The van der Waals surface area contributed by atoms with Crippen LogP contribution in [0.5, 0.6) is 5.75 Å². The maximum Gasteiger partial charge on any atom is 0.320 e. The predicted octanol–water partition coefficient (Wildman–Crippen LogP) is 1.56. The van der Waals surface area contributed by atoms with Gasteiger partial charge in [0.2, 0.25) is 0 Å². The van der Waals surface area contributed by atoms with Crippen LogP contribution in [0.2, 0.25) is 0 Å². The second-order valence-electron chi connectivity index (χ2n) is 3.06. The maximum atomic E-state index is 10.6. The first-order valence-corrected chi connectivity index (χ1v) is 6.23. The van der Waals surface area contributed by atoms with Crippen molar-refractivity contribution in [2.45, 2.75) is 12.5 Å². The summed E-state index contributed by atoms with van der Waals surface area (Å²) in [6.07, 6.45) is 0.265. The number of phenolic OH excluding ortho intramolecular Hbond substituents is 1. The molecule has 0 amide bonds. The molecule has 0 heterocycles. The fraction of sp³-hybridized carbons (Fsp3) is 0.222. The maximum absolute atomic E-state index is 10.6. The van der Waals surface area contributed by atoms with Crippen LogP contribution in [0.1, 0.15) is 5.56 Å². The molecular formula is C9H9I2NO3. The highest BCUT2D eigenvalue weighted by molar-refractivity contribution is 14.1. The van der Waals surface area contributed by atoms with Gasteiger partial charge in [0.1, 0.15) is 11.8 Å². The van der Waals surface area contributed by atoms with Gasteiger partial charge in [-0.25, -0.2) is 0 Å². The van der Waals surface area contributed by atoms with Crippen molar-refractivity contribution in [1.29, 1.82) is 0 Å². The molecule has 0 aliphatic rings. The van der Waals surface area contributed by atoms with Crippen LogP contribution < -0.4 is 5.73 Å². The molecule has 0 unspecified atom stereocenters. The Morgan fingerprint density at radius 1 is 1.40 bits per heavy atom. The molecule has 6 heteroatoms. The number of carbonyl (C=O) groups is 1. The zero-order valence-electron chi connectivity index (χ0n) is 7.58. The van der Waals surface area contributed by atoms with E-state index in [2.05, 4.69) is 0 Å². The lowest BCUT2D eigenvalue weighted by atomic mass is 10.1. The second kappa shape index (κ2) is 5.30. The number of carboxylic acids is 1.